The molecule has 1 heterocycles. The highest BCUT2D eigenvalue weighted by Crippen LogP contribution is 2.55. The quantitative estimate of drug-likeness (QED) is 0.107. The predicted molar refractivity (Wildman–Crippen MR) is 141 cm³/mol. The minimum Gasteiger partial charge on any atom is -0.359 e. The van der Waals surface area contributed by atoms with Crippen molar-refractivity contribution in [1.29, 1.82) is 0 Å². The number of ketones is 1. The zero-order valence-electron chi connectivity index (χ0n) is 23.6. The molecule has 0 fully saturated rings. The second-order valence-electron chi connectivity index (χ2n) is 11.1. The summed E-state index contributed by atoms with van der Waals surface area (Å²) in [7, 11) is -4.26. The Balaban J connectivity index is 2.01. The number of hydrogen-bond donors (Lipinski definition) is 1. The van der Waals surface area contributed by atoms with Crippen molar-refractivity contribution in [1.82, 2.24) is 9.78 Å². The van der Waals surface area contributed by atoms with E-state index in [0.717, 1.165) is 41.2 Å². The minimum absolute atomic E-state index is 0.273. The number of hydrogen-bond acceptors (Lipinski definition) is 7. The molecule has 0 saturated heterocycles. The van der Waals surface area contributed by atoms with Gasteiger partial charge in [0.25, 0.3) is 0 Å². The Hall–Kier alpha value is -3.19. The first-order valence-electron chi connectivity index (χ1n) is 12.5. The number of phosphoric ester groups is 1. The second-order valence-corrected chi connectivity index (χ2v) is 12.6. The van der Waals surface area contributed by atoms with Crippen LogP contribution in [0.3, 0.4) is 0 Å². The molecular weight excluding hydrogens is 591 g/mol. The molecule has 3 rings (SSSR count). The van der Waals surface area contributed by atoms with Crippen LogP contribution in [0.2, 0.25) is 0 Å². The molecule has 2 aromatic carbocycles. The third-order valence-electron chi connectivity index (χ3n) is 5.17. The van der Waals surface area contributed by atoms with Crippen LogP contribution in [-0.4, -0.2) is 33.5 Å². The summed E-state index contributed by atoms with van der Waals surface area (Å²) in [5, 5.41) is 6.49. The SMILES string of the molecule is CC(C)(C)OP(=O)(OCNc1cn(Cc2c(F)cccc2C(F)(F)F)nc1C(=O)c1c(F)cccc1F)OC(C)(C)C. The van der Waals surface area contributed by atoms with Gasteiger partial charge in [-0.05, 0) is 65.8 Å². The van der Waals surface area contributed by atoms with Crippen molar-refractivity contribution in [3.8, 4) is 0 Å². The van der Waals surface area contributed by atoms with E-state index in [1.54, 1.807) is 41.5 Å². The smallest absolute Gasteiger partial charge is 0.359 e. The molecule has 8 nitrogen and oxygen atoms in total. The van der Waals surface area contributed by atoms with Gasteiger partial charge in [0.1, 0.15) is 24.2 Å². The lowest BCUT2D eigenvalue weighted by molar-refractivity contribution is -0.138. The Kier molecular flexibility index (Phi) is 9.67. The molecule has 0 aliphatic carbocycles. The summed E-state index contributed by atoms with van der Waals surface area (Å²) in [4.78, 5) is 13.2. The van der Waals surface area contributed by atoms with Gasteiger partial charge in [-0.2, -0.15) is 18.3 Å². The minimum atomic E-state index is -4.91. The van der Waals surface area contributed by atoms with E-state index < -0.39 is 84.1 Å². The Morgan fingerprint density at radius 3 is 1.95 bits per heavy atom. The molecule has 0 amide bonds. The number of carbonyl (C=O) groups excluding carboxylic acids is 1. The van der Waals surface area contributed by atoms with Gasteiger partial charge in [0.2, 0.25) is 5.78 Å². The summed E-state index contributed by atoms with van der Waals surface area (Å²) >= 11 is 0. The number of nitrogens with one attached hydrogen (secondary N) is 1. The van der Waals surface area contributed by atoms with E-state index >= 15 is 0 Å². The number of alkyl halides is 3. The van der Waals surface area contributed by atoms with Crippen molar-refractivity contribution in [3.05, 3.63) is 82.4 Å². The van der Waals surface area contributed by atoms with Crippen LogP contribution in [0.1, 0.15) is 68.7 Å². The first kappa shape index (κ1) is 33.3. The molecule has 0 saturated carbocycles. The number of nitrogens with zero attached hydrogens (tertiary/aromatic N) is 2. The van der Waals surface area contributed by atoms with Crippen LogP contribution in [0.5, 0.6) is 0 Å². The number of benzene rings is 2. The van der Waals surface area contributed by atoms with E-state index in [9.17, 15) is 35.7 Å². The Bertz CT molecular complexity index is 1450. The molecule has 42 heavy (non-hydrogen) atoms. The lowest BCUT2D eigenvalue weighted by atomic mass is 10.1. The molecule has 0 atom stereocenters. The van der Waals surface area contributed by atoms with Crippen LogP contribution in [0.25, 0.3) is 0 Å². The van der Waals surface area contributed by atoms with Gasteiger partial charge in [0, 0.05) is 11.8 Å². The monoisotopic (exact) mass is 621 g/mol. The van der Waals surface area contributed by atoms with Gasteiger partial charge in [-0.15, -0.1) is 0 Å². The summed E-state index contributed by atoms with van der Waals surface area (Å²) in [5.41, 5.74) is -5.90. The summed E-state index contributed by atoms with van der Waals surface area (Å²) in [6.45, 7) is 8.14. The third kappa shape index (κ3) is 8.66. The number of phosphoric acid groups is 1. The number of rotatable bonds is 10. The molecule has 1 aromatic heterocycles. The first-order chi connectivity index (χ1) is 19.2. The zero-order chi connectivity index (χ0) is 31.7. The van der Waals surface area contributed by atoms with Crippen molar-refractivity contribution in [2.24, 2.45) is 0 Å². The fourth-order valence-electron chi connectivity index (χ4n) is 3.71. The molecule has 0 aliphatic heterocycles. The Morgan fingerprint density at radius 2 is 1.43 bits per heavy atom. The third-order valence-corrected chi connectivity index (χ3v) is 7.16. The zero-order valence-corrected chi connectivity index (χ0v) is 24.5. The van der Waals surface area contributed by atoms with Crippen molar-refractivity contribution >= 4 is 19.3 Å². The van der Waals surface area contributed by atoms with Crippen LogP contribution < -0.4 is 5.32 Å². The van der Waals surface area contributed by atoms with Crippen LogP contribution in [0.4, 0.5) is 32.0 Å². The van der Waals surface area contributed by atoms with E-state index in [1.807, 2.05) is 0 Å². The summed E-state index contributed by atoms with van der Waals surface area (Å²) in [6, 6.07) is 5.10. The normalized spacial score (nSPS) is 13.0. The van der Waals surface area contributed by atoms with Crippen LogP contribution >= 0.6 is 7.82 Å². The average Bonchev–Trinajstić information content (AvgIpc) is 3.19. The van der Waals surface area contributed by atoms with Crippen molar-refractivity contribution in [2.75, 3.05) is 12.0 Å². The maximum absolute atomic E-state index is 14.5. The number of carbonyl (C=O) groups is 1. The fourth-order valence-corrected chi connectivity index (χ4v) is 5.42. The molecule has 1 N–H and O–H groups in total. The topological polar surface area (TPSA) is 91.7 Å². The number of aromatic nitrogens is 2. The van der Waals surface area contributed by atoms with Gasteiger partial charge in [0.05, 0.1) is 34.6 Å². The standard InChI is InChI=1S/C27H30F6N3O5P/c1-25(2,3)40-42(38,41-26(4,5)6)39-15-34-21-14-36(13-16-17(27(31,32)33)9-7-10-18(16)28)35-23(21)24(37)22-19(29)11-8-12-20(22)30/h7-12,14,34H,13,15H2,1-6H3. The Labute approximate surface area is 238 Å². The number of halogens is 6. The molecular formula is C27H30F6N3O5P. The van der Waals surface area contributed by atoms with E-state index in [2.05, 4.69) is 10.4 Å². The van der Waals surface area contributed by atoms with Crippen LogP contribution in [0.15, 0.2) is 42.6 Å². The summed E-state index contributed by atoms with van der Waals surface area (Å²) in [6.07, 6.45) is -3.89. The molecule has 3 aromatic rings. The first-order valence-corrected chi connectivity index (χ1v) is 14.0. The van der Waals surface area contributed by atoms with Crippen LogP contribution in [-0.2, 0) is 30.9 Å². The van der Waals surface area contributed by atoms with E-state index in [0.29, 0.717) is 6.07 Å². The summed E-state index contributed by atoms with van der Waals surface area (Å²) < 4.78 is 115. The highest BCUT2D eigenvalue weighted by atomic mass is 31.2. The highest BCUT2D eigenvalue weighted by Gasteiger charge is 2.38. The maximum atomic E-state index is 14.5. The van der Waals surface area contributed by atoms with Crippen molar-refractivity contribution < 1.29 is 49.3 Å². The van der Waals surface area contributed by atoms with Gasteiger partial charge in [-0.25, -0.2) is 17.7 Å². The largest absolute Gasteiger partial charge is 0.477 e. The maximum Gasteiger partial charge on any atom is 0.477 e. The molecule has 0 spiro atoms. The van der Waals surface area contributed by atoms with Crippen LogP contribution in [0, 0.1) is 17.5 Å². The fraction of sp³-hybridized carbons (Fsp3) is 0.407. The highest BCUT2D eigenvalue weighted by molar-refractivity contribution is 7.48. The molecule has 0 aliphatic rings. The predicted octanol–water partition coefficient (Wildman–Crippen LogP) is 7.72. The molecule has 230 valence electrons. The van der Waals surface area contributed by atoms with Gasteiger partial charge in [-0.3, -0.25) is 23.0 Å². The lowest BCUT2D eigenvalue weighted by Gasteiger charge is -2.30. The second kappa shape index (κ2) is 12.2. The molecule has 15 heteroatoms. The van der Waals surface area contributed by atoms with Gasteiger partial charge in [-0.1, -0.05) is 12.1 Å². The molecule has 0 bridgehead atoms. The van der Waals surface area contributed by atoms with Gasteiger partial charge < -0.3 is 5.32 Å². The molecule has 0 unspecified atom stereocenters. The van der Waals surface area contributed by atoms with E-state index in [4.69, 9.17) is 13.6 Å². The van der Waals surface area contributed by atoms with Gasteiger partial charge in [0.15, 0.2) is 5.69 Å². The Morgan fingerprint density at radius 1 is 0.905 bits per heavy atom. The lowest BCUT2D eigenvalue weighted by Crippen LogP contribution is -2.25. The number of anilines is 1. The van der Waals surface area contributed by atoms with Crippen molar-refractivity contribution in [2.45, 2.75) is 65.5 Å². The van der Waals surface area contributed by atoms with E-state index in [1.165, 1.54) is 0 Å². The molecule has 0 radical (unpaired) electrons. The van der Waals surface area contributed by atoms with E-state index in [-0.39, 0.29) is 5.69 Å². The summed E-state index contributed by atoms with van der Waals surface area (Å²) in [5.74, 6) is -4.89. The van der Waals surface area contributed by atoms with Gasteiger partial charge >= 0.3 is 14.0 Å². The van der Waals surface area contributed by atoms with Crippen molar-refractivity contribution in [3.63, 3.8) is 0 Å². The average molecular weight is 622 g/mol.